The van der Waals surface area contributed by atoms with Gasteiger partial charge in [0, 0.05) is 5.56 Å². The van der Waals surface area contributed by atoms with Crippen LogP contribution < -0.4 is 5.14 Å². The number of nitriles is 1. The first-order valence-electron chi connectivity index (χ1n) is 7.69. The zero-order chi connectivity index (χ0) is 19.8. The van der Waals surface area contributed by atoms with Gasteiger partial charge in [-0.2, -0.15) is 5.26 Å². The summed E-state index contributed by atoms with van der Waals surface area (Å²) in [6.07, 6.45) is 0. The number of primary sulfonamides is 1. The molecule has 0 fully saturated rings. The van der Waals surface area contributed by atoms with Gasteiger partial charge in [-0.1, -0.05) is 17.3 Å². The molecule has 1 heterocycles. The summed E-state index contributed by atoms with van der Waals surface area (Å²) in [5, 5.41) is 27.5. The van der Waals surface area contributed by atoms with E-state index in [1.165, 1.54) is 6.07 Å². The van der Waals surface area contributed by atoms with Gasteiger partial charge in [0.15, 0.2) is 5.76 Å². The highest BCUT2D eigenvalue weighted by atomic mass is 32.2. The molecule has 138 valence electrons. The lowest BCUT2D eigenvalue weighted by Gasteiger charge is -2.07. The molecule has 0 atom stereocenters. The summed E-state index contributed by atoms with van der Waals surface area (Å²) >= 11 is 0. The predicted molar refractivity (Wildman–Crippen MR) is 94.1 cm³/mol. The van der Waals surface area contributed by atoms with E-state index < -0.39 is 27.3 Å². The second kappa shape index (κ2) is 6.92. The number of aromatic nitrogens is 1. The highest BCUT2D eigenvalue weighted by Crippen LogP contribution is 2.36. The Bertz CT molecular complexity index is 1180. The molecule has 3 N–H and O–H groups in total. The van der Waals surface area contributed by atoms with Crippen molar-refractivity contribution >= 4 is 10.0 Å². The number of aliphatic hydroxyl groups is 1. The van der Waals surface area contributed by atoms with Crippen LogP contribution in [0.25, 0.3) is 22.4 Å². The van der Waals surface area contributed by atoms with E-state index in [0.29, 0.717) is 27.9 Å². The molecule has 7 nitrogen and oxygen atoms in total. The van der Waals surface area contributed by atoms with Crippen LogP contribution in [0, 0.1) is 24.1 Å². The van der Waals surface area contributed by atoms with Gasteiger partial charge in [0.1, 0.15) is 23.0 Å². The van der Waals surface area contributed by atoms with Crippen LogP contribution in [-0.4, -0.2) is 18.7 Å². The number of hydrogen-bond acceptors (Lipinski definition) is 6. The highest BCUT2D eigenvalue weighted by Gasteiger charge is 2.22. The Morgan fingerprint density at radius 3 is 2.52 bits per heavy atom. The van der Waals surface area contributed by atoms with Crippen LogP contribution in [0.1, 0.15) is 16.9 Å². The largest absolute Gasteiger partial charge is 0.388 e. The third-order valence-electron chi connectivity index (χ3n) is 4.05. The minimum Gasteiger partial charge on any atom is -0.388 e. The van der Waals surface area contributed by atoms with Crippen LogP contribution in [0.15, 0.2) is 45.8 Å². The highest BCUT2D eigenvalue weighted by molar-refractivity contribution is 7.89. The predicted octanol–water partition coefficient (Wildman–Crippen LogP) is 2.47. The maximum absolute atomic E-state index is 14.3. The molecule has 3 rings (SSSR count). The van der Waals surface area contributed by atoms with E-state index in [9.17, 15) is 17.9 Å². The van der Waals surface area contributed by atoms with Crippen molar-refractivity contribution in [2.45, 2.75) is 18.4 Å². The van der Waals surface area contributed by atoms with Gasteiger partial charge >= 0.3 is 0 Å². The average molecular weight is 387 g/mol. The molecular formula is C18H14FN3O4S. The fourth-order valence-electron chi connectivity index (χ4n) is 2.75. The Balaban J connectivity index is 2.20. The molecule has 1 aromatic heterocycles. The Hall–Kier alpha value is -3.06. The molecule has 0 amide bonds. The van der Waals surface area contributed by atoms with E-state index in [4.69, 9.17) is 14.9 Å². The van der Waals surface area contributed by atoms with Crippen LogP contribution in [0.3, 0.4) is 0 Å². The van der Waals surface area contributed by atoms with Gasteiger partial charge in [0.25, 0.3) is 0 Å². The van der Waals surface area contributed by atoms with Gasteiger partial charge in [-0.05, 0) is 42.3 Å². The van der Waals surface area contributed by atoms with Crippen molar-refractivity contribution in [1.82, 2.24) is 5.16 Å². The van der Waals surface area contributed by atoms with Crippen molar-refractivity contribution in [3.63, 3.8) is 0 Å². The summed E-state index contributed by atoms with van der Waals surface area (Å²) in [5.41, 5.74) is 2.72. The van der Waals surface area contributed by atoms with Crippen molar-refractivity contribution in [1.29, 1.82) is 5.26 Å². The van der Waals surface area contributed by atoms with E-state index in [1.54, 1.807) is 25.1 Å². The van der Waals surface area contributed by atoms with E-state index >= 15 is 0 Å². The molecule has 0 bridgehead atoms. The topological polar surface area (TPSA) is 130 Å². The van der Waals surface area contributed by atoms with Crippen LogP contribution in [0.2, 0.25) is 0 Å². The Labute approximate surface area is 154 Å². The molecule has 9 heteroatoms. The van der Waals surface area contributed by atoms with E-state index in [2.05, 4.69) is 11.2 Å². The van der Waals surface area contributed by atoms with Gasteiger partial charge < -0.3 is 9.63 Å². The van der Waals surface area contributed by atoms with Crippen molar-refractivity contribution < 1.29 is 22.4 Å². The van der Waals surface area contributed by atoms with Crippen molar-refractivity contribution in [2.75, 3.05) is 0 Å². The molecule has 2 aromatic carbocycles. The summed E-state index contributed by atoms with van der Waals surface area (Å²) in [4.78, 5) is -0.635. The first-order chi connectivity index (χ1) is 12.8. The maximum atomic E-state index is 14.3. The molecule has 0 aliphatic heterocycles. The van der Waals surface area contributed by atoms with E-state index in [-0.39, 0.29) is 11.3 Å². The summed E-state index contributed by atoms with van der Waals surface area (Å²) in [7, 11) is -4.20. The van der Waals surface area contributed by atoms with Crippen LogP contribution in [-0.2, 0) is 16.6 Å². The minimum atomic E-state index is -4.20. The lowest BCUT2D eigenvalue weighted by molar-refractivity contribution is 0.230. The number of hydrogen-bond donors (Lipinski definition) is 2. The molecule has 0 spiro atoms. The summed E-state index contributed by atoms with van der Waals surface area (Å²) < 4.78 is 42.2. The fraction of sp³-hybridized carbons (Fsp3) is 0.111. The summed E-state index contributed by atoms with van der Waals surface area (Å²) in [6.45, 7) is 1.27. The van der Waals surface area contributed by atoms with Crippen LogP contribution >= 0.6 is 0 Å². The van der Waals surface area contributed by atoms with Gasteiger partial charge in [-0.3, -0.25) is 0 Å². The molecule has 0 aliphatic carbocycles. The first kappa shape index (κ1) is 18.7. The Morgan fingerprint density at radius 1 is 1.26 bits per heavy atom. The zero-order valence-corrected chi connectivity index (χ0v) is 14.9. The van der Waals surface area contributed by atoms with Crippen molar-refractivity contribution in [3.05, 3.63) is 59.1 Å². The van der Waals surface area contributed by atoms with E-state index in [1.807, 2.05) is 0 Å². The summed E-state index contributed by atoms with van der Waals surface area (Å²) in [6, 6.07) is 10.4. The van der Waals surface area contributed by atoms with Crippen molar-refractivity contribution in [2.24, 2.45) is 5.14 Å². The van der Waals surface area contributed by atoms with Crippen molar-refractivity contribution in [3.8, 4) is 28.5 Å². The molecule has 0 aliphatic rings. The SMILES string of the molecule is Cc1cc(-c2noc(CO)c2-c2ccc(S(N)(=O)=O)c(F)c2)ccc1C#N. The molecule has 27 heavy (non-hydrogen) atoms. The number of nitrogens with zero attached hydrogens (tertiary/aromatic N) is 2. The monoisotopic (exact) mass is 387 g/mol. The first-order valence-corrected chi connectivity index (χ1v) is 9.24. The van der Waals surface area contributed by atoms with Crippen LogP contribution in [0.4, 0.5) is 4.39 Å². The number of aryl methyl sites for hydroxylation is 1. The number of benzene rings is 2. The van der Waals surface area contributed by atoms with Gasteiger partial charge in [-0.25, -0.2) is 17.9 Å². The second-order valence-corrected chi connectivity index (χ2v) is 7.35. The fourth-order valence-corrected chi connectivity index (χ4v) is 3.34. The Morgan fingerprint density at radius 2 is 1.96 bits per heavy atom. The number of halogens is 1. The normalized spacial score (nSPS) is 11.4. The maximum Gasteiger partial charge on any atom is 0.240 e. The Kier molecular flexibility index (Phi) is 4.80. The standard InChI is InChI=1S/C18H14FN3O4S/c1-10-6-12(2-3-13(10)8-20)18-17(15(9-23)26-22-18)11-4-5-16(14(19)7-11)27(21,24)25/h2-7,23H,9H2,1H3,(H2,21,24,25). The molecule has 0 saturated carbocycles. The number of nitrogens with two attached hydrogens (primary N) is 1. The zero-order valence-electron chi connectivity index (χ0n) is 14.1. The third kappa shape index (κ3) is 3.46. The molecular weight excluding hydrogens is 373 g/mol. The lowest BCUT2D eigenvalue weighted by atomic mass is 9.97. The number of sulfonamides is 1. The summed E-state index contributed by atoms with van der Waals surface area (Å²) in [5.74, 6) is -0.934. The molecule has 0 unspecified atom stereocenters. The second-order valence-electron chi connectivity index (χ2n) is 5.82. The third-order valence-corrected chi connectivity index (χ3v) is 5.00. The van der Waals surface area contributed by atoms with E-state index in [0.717, 1.165) is 12.1 Å². The molecule has 0 saturated heterocycles. The molecule has 3 aromatic rings. The number of aliphatic hydroxyl groups excluding tert-OH is 1. The molecule has 0 radical (unpaired) electrons. The smallest absolute Gasteiger partial charge is 0.240 e. The average Bonchev–Trinajstić information content (AvgIpc) is 3.04. The lowest BCUT2D eigenvalue weighted by Crippen LogP contribution is -2.14. The number of rotatable bonds is 4. The van der Waals surface area contributed by atoms with Gasteiger partial charge in [0.05, 0.1) is 17.2 Å². The van der Waals surface area contributed by atoms with Crippen LogP contribution in [0.5, 0.6) is 0 Å². The van der Waals surface area contributed by atoms with Gasteiger partial charge in [-0.15, -0.1) is 0 Å². The minimum absolute atomic E-state index is 0.0924. The van der Waals surface area contributed by atoms with Gasteiger partial charge in [0.2, 0.25) is 10.0 Å². The quantitative estimate of drug-likeness (QED) is 0.707.